The van der Waals surface area contributed by atoms with Crippen molar-refractivity contribution in [3.05, 3.63) is 0 Å². The molecule has 0 amide bonds. The summed E-state index contributed by atoms with van der Waals surface area (Å²) in [6.45, 7) is 2.26. The number of ether oxygens (including phenoxy) is 1. The molecule has 1 N–H and O–H groups in total. The second-order valence-electron chi connectivity index (χ2n) is 2.70. The molecule has 0 saturated carbocycles. The number of carboxylic acid groups (broad SMARTS) is 1. The average Bonchev–Trinajstić information content (AvgIpc) is 2.68. The van der Waals surface area contributed by atoms with E-state index in [-0.39, 0.29) is 24.9 Å². The molecule has 1 rings (SSSR count). The number of carbonyl (C=O) groups is 1. The SMILES string of the molecule is COCCCN1CC1C(=O)O.[Li]. The Balaban J connectivity index is 0.00000121. The van der Waals surface area contributed by atoms with E-state index in [0.717, 1.165) is 13.0 Å². The van der Waals surface area contributed by atoms with Crippen molar-refractivity contribution in [3.63, 3.8) is 0 Å². The summed E-state index contributed by atoms with van der Waals surface area (Å²) >= 11 is 0. The molecule has 0 aromatic rings. The van der Waals surface area contributed by atoms with Gasteiger partial charge in [0.25, 0.3) is 0 Å². The molecule has 1 fully saturated rings. The van der Waals surface area contributed by atoms with Crippen LogP contribution in [0.3, 0.4) is 0 Å². The van der Waals surface area contributed by atoms with Gasteiger partial charge in [-0.25, -0.2) is 0 Å². The molecule has 0 bridgehead atoms. The van der Waals surface area contributed by atoms with E-state index in [1.54, 1.807) is 7.11 Å². The number of aliphatic carboxylic acids is 1. The van der Waals surface area contributed by atoms with Gasteiger partial charge in [0.2, 0.25) is 0 Å². The normalized spacial score (nSPS) is 26.1. The quantitative estimate of drug-likeness (QED) is 0.337. The summed E-state index contributed by atoms with van der Waals surface area (Å²) < 4.78 is 4.84. The van der Waals surface area contributed by atoms with E-state index in [0.29, 0.717) is 13.2 Å². The van der Waals surface area contributed by atoms with Crippen molar-refractivity contribution in [2.75, 3.05) is 26.8 Å². The summed E-state index contributed by atoms with van der Waals surface area (Å²) in [6.07, 6.45) is 0.917. The average molecular weight is 166 g/mol. The van der Waals surface area contributed by atoms with Crippen molar-refractivity contribution in [1.29, 1.82) is 0 Å². The van der Waals surface area contributed by atoms with Gasteiger partial charge in [-0.15, -0.1) is 0 Å². The molecular formula is C7H13LiNO3. The number of nitrogens with zero attached hydrogens (tertiary/aromatic N) is 1. The van der Waals surface area contributed by atoms with Crippen molar-refractivity contribution >= 4 is 24.8 Å². The topological polar surface area (TPSA) is 49.5 Å². The molecule has 65 valence electrons. The van der Waals surface area contributed by atoms with Gasteiger partial charge in [-0.2, -0.15) is 0 Å². The third kappa shape index (κ3) is 3.59. The van der Waals surface area contributed by atoms with Crippen LogP contribution in [0.5, 0.6) is 0 Å². The van der Waals surface area contributed by atoms with Gasteiger partial charge in [0.15, 0.2) is 0 Å². The van der Waals surface area contributed by atoms with Crippen molar-refractivity contribution in [2.24, 2.45) is 0 Å². The Hall–Kier alpha value is -0.0126. The Morgan fingerprint density at radius 1 is 1.75 bits per heavy atom. The Morgan fingerprint density at radius 2 is 2.42 bits per heavy atom. The minimum Gasteiger partial charge on any atom is -0.480 e. The van der Waals surface area contributed by atoms with Crippen LogP contribution in [0.2, 0.25) is 0 Å². The van der Waals surface area contributed by atoms with Crippen LogP contribution in [0.15, 0.2) is 0 Å². The van der Waals surface area contributed by atoms with Gasteiger partial charge in [-0.1, -0.05) is 0 Å². The Labute approximate surface area is 84.0 Å². The van der Waals surface area contributed by atoms with Crippen LogP contribution in [0.25, 0.3) is 0 Å². The van der Waals surface area contributed by atoms with Crippen LogP contribution in [0.4, 0.5) is 0 Å². The summed E-state index contributed by atoms with van der Waals surface area (Å²) in [6, 6.07) is -0.216. The maximum Gasteiger partial charge on any atom is 0.322 e. The Morgan fingerprint density at radius 3 is 2.83 bits per heavy atom. The maximum atomic E-state index is 10.3. The molecule has 2 atom stereocenters. The molecule has 0 spiro atoms. The molecule has 1 saturated heterocycles. The van der Waals surface area contributed by atoms with Gasteiger partial charge in [0, 0.05) is 45.7 Å². The molecular weight excluding hydrogens is 153 g/mol. The Bertz CT molecular complexity index is 154. The standard InChI is InChI=1S/C7H13NO3.Li/c1-11-4-2-3-8-5-6(8)7(9)10;/h6H,2-5H2,1H3,(H,9,10);. The van der Waals surface area contributed by atoms with E-state index < -0.39 is 5.97 Å². The second kappa shape index (κ2) is 5.60. The fourth-order valence-electron chi connectivity index (χ4n) is 1.07. The van der Waals surface area contributed by atoms with Gasteiger partial charge in [-0.05, 0) is 6.42 Å². The zero-order chi connectivity index (χ0) is 8.27. The van der Waals surface area contributed by atoms with Gasteiger partial charge in [0.1, 0.15) is 6.04 Å². The number of hydrogen-bond acceptors (Lipinski definition) is 3. The van der Waals surface area contributed by atoms with E-state index in [2.05, 4.69) is 0 Å². The van der Waals surface area contributed by atoms with Crippen molar-refractivity contribution < 1.29 is 14.6 Å². The predicted molar refractivity (Wildman–Crippen MR) is 45.2 cm³/mol. The Kier molecular flexibility index (Phi) is 5.60. The number of hydrogen-bond donors (Lipinski definition) is 1. The molecule has 1 radical (unpaired) electrons. The van der Waals surface area contributed by atoms with E-state index in [1.165, 1.54) is 0 Å². The van der Waals surface area contributed by atoms with Gasteiger partial charge >= 0.3 is 5.97 Å². The van der Waals surface area contributed by atoms with Crippen LogP contribution >= 0.6 is 0 Å². The molecule has 0 aromatic heterocycles. The van der Waals surface area contributed by atoms with Gasteiger partial charge < -0.3 is 9.84 Å². The summed E-state index contributed by atoms with van der Waals surface area (Å²) in [5, 5.41) is 8.51. The van der Waals surface area contributed by atoms with Crippen LogP contribution in [-0.4, -0.2) is 67.7 Å². The first-order valence-electron chi connectivity index (χ1n) is 3.71. The molecule has 0 aliphatic carbocycles. The molecule has 1 heterocycles. The summed E-state index contributed by atoms with van der Waals surface area (Å²) in [7, 11) is 1.65. The fourth-order valence-corrected chi connectivity index (χ4v) is 1.07. The summed E-state index contributed by atoms with van der Waals surface area (Å²) in [4.78, 5) is 12.2. The fraction of sp³-hybridized carbons (Fsp3) is 0.857. The molecule has 1 aliphatic rings. The maximum absolute atomic E-state index is 10.3. The van der Waals surface area contributed by atoms with Crippen LogP contribution in [0.1, 0.15) is 6.42 Å². The molecule has 2 unspecified atom stereocenters. The van der Waals surface area contributed by atoms with Crippen LogP contribution in [0, 0.1) is 0 Å². The predicted octanol–water partition coefficient (Wildman–Crippen LogP) is -0.589. The first-order valence-corrected chi connectivity index (χ1v) is 3.71. The van der Waals surface area contributed by atoms with E-state index in [1.807, 2.05) is 4.90 Å². The van der Waals surface area contributed by atoms with Crippen molar-refractivity contribution in [1.82, 2.24) is 4.90 Å². The summed E-state index contributed by atoms with van der Waals surface area (Å²) in [5.41, 5.74) is 0. The first kappa shape index (κ1) is 12.0. The minimum atomic E-state index is -0.706. The van der Waals surface area contributed by atoms with E-state index >= 15 is 0 Å². The van der Waals surface area contributed by atoms with Crippen molar-refractivity contribution in [2.45, 2.75) is 12.5 Å². The molecule has 0 aromatic carbocycles. The third-order valence-corrected chi connectivity index (χ3v) is 1.79. The molecule has 1 aliphatic heterocycles. The zero-order valence-electron chi connectivity index (χ0n) is 7.62. The molecule has 12 heavy (non-hydrogen) atoms. The van der Waals surface area contributed by atoms with Crippen LogP contribution in [-0.2, 0) is 9.53 Å². The smallest absolute Gasteiger partial charge is 0.322 e. The van der Waals surface area contributed by atoms with Gasteiger partial charge in [-0.3, -0.25) is 9.69 Å². The largest absolute Gasteiger partial charge is 0.480 e. The van der Waals surface area contributed by atoms with Gasteiger partial charge in [0.05, 0.1) is 0 Å². The number of methoxy groups -OCH3 is 1. The number of rotatable bonds is 5. The molecule has 4 nitrogen and oxygen atoms in total. The van der Waals surface area contributed by atoms with E-state index in [9.17, 15) is 4.79 Å². The number of carboxylic acids is 1. The summed E-state index contributed by atoms with van der Waals surface area (Å²) in [5.74, 6) is -0.706. The first-order chi connectivity index (χ1) is 5.25. The van der Waals surface area contributed by atoms with E-state index in [4.69, 9.17) is 9.84 Å². The third-order valence-electron chi connectivity index (χ3n) is 1.79. The monoisotopic (exact) mass is 166 g/mol. The van der Waals surface area contributed by atoms with Crippen LogP contribution < -0.4 is 0 Å². The zero-order valence-corrected chi connectivity index (χ0v) is 7.62. The second-order valence-corrected chi connectivity index (χ2v) is 2.70. The minimum absolute atomic E-state index is 0. The van der Waals surface area contributed by atoms with Crippen molar-refractivity contribution in [3.8, 4) is 0 Å². The molecule has 5 heteroatoms.